The molecule has 8 heteroatoms. The van der Waals surface area contributed by atoms with E-state index in [4.69, 9.17) is 14.6 Å². The van der Waals surface area contributed by atoms with Gasteiger partial charge in [0.05, 0.1) is 25.8 Å². The van der Waals surface area contributed by atoms with Gasteiger partial charge in [0.2, 0.25) is 0 Å². The zero-order valence-corrected chi connectivity index (χ0v) is 17.2. The highest BCUT2D eigenvalue weighted by molar-refractivity contribution is 6.46. The number of rotatable bonds is 8. The Morgan fingerprint density at radius 2 is 1.74 bits per heavy atom. The Bertz CT molecular complexity index is 1030. The fraction of sp³-hybridized carbons (Fsp3) is 0.261. The fourth-order valence-electron chi connectivity index (χ4n) is 3.63. The summed E-state index contributed by atoms with van der Waals surface area (Å²) in [7, 11) is 2.95. The molecule has 3 rings (SSSR count). The predicted molar refractivity (Wildman–Crippen MR) is 112 cm³/mol. The Labute approximate surface area is 179 Å². The first kappa shape index (κ1) is 21.9. The largest absolute Gasteiger partial charge is 0.507 e. The van der Waals surface area contributed by atoms with Crippen LogP contribution in [0.25, 0.3) is 5.76 Å². The zero-order valence-electron chi connectivity index (χ0n) is 17.2. The number of carbonyl (C=O) groups is 3. The number of nitrogens with zero attached hydrogens (tertiary/aromatic N) is 1. The van der Waals surface area contributed by atoms with E-state index in [9.17, 15) is 19.5 Å². The second kappa shape index (κ2) is 9.34. The second-order valence-corrected chi connectivity index (χ2v) is 6.96. The Morgan fingerprint density at radius 1 is 1.03 bits per heavy atom. The molecule has 1 atom stereocenters. The van der Waals surface area contributed by atoms with Gasteiger partial charge < -0.3 is 24.6 Å². The van der Waals surface area contributed by atoms with Gasteiger partial charge in [0, 0.05) is 30.2 Å². The van der Waals surface area contributed by atoms with Crippen molar-refractivity contribution in [2.24, 2.45) is 0 Å². The molecule has 0 aliphatic carbocycles. The van der Waals surface area contributed by atoms with Gasteiger partial charge in [-0.2, -0.15) is 0 Å². The number of hydrogen-bond acceptors (Lipinski definition) is 6. The summed E-state index contributed by atoms with van der Waals surface area (Å²) in [6.07, 6.45) is -0.00312. The van der Waals surface area contributed by atoms with Gasteiger partial charge in [0.1, 0.15) is 17.3 Å². The van der Waals surface area contributed by atoms with E-state index >= 15 is 0 Å². The number of aliphatic hydroxyl groups excluding tert-OH is 1. The summed E-state index contributed by atoms with van der Waals surface area (Å²) in [6.45, 7) is 0.0301. The van der Waals surface area contributed by atoms with Crippen LogP contribution in [0, 0.1) is 0 Å². The molecule has 0 saturated carbocycles. The smallest absolute Gasteiger partial charge is 0.303 e. The molecule has 8 nitrogen and oxygen atoms in total. The van der Waals surface area contributed by atoms with E-state index < -0.39 is 23.7 Å². The molecule has 162 valence electrons. The molecule has 0 aromatic heterocycles. The fourth-order valence-corrected chi connectivity index (χ4v) is 3.63. The average Bonchev–Trinajstić information content (AvgIpc) is 3.03. The summed E-state index contributed by atoms with van der Waals surface area (Å²) in [6, 6.07) is 12.5. The molecule has 2 N–H and O–H groups in total. The third-order valence-electron chi connectivity index (χ3n) is 5.11. The Hall–Kier alpha value is -3.81. The number of benzene rings is 2. The third kappa shape index (κ3) is 4.37. The van der Waals surface area contributed by atoms with E-state index in [2.05, 4.69) is 0 Å². The highest BCUT2D eigenvalue weighted by atomic mass is 16.5. The molecule has 0 spiro atoms. The van der Waals surface area contributed by atoms with Crippen molar-refractivity contribution >= 4 is 23.4 Å². The molecule has 1 aliphatic heterocycles. The van der Waals surface area contributed by atoms with Crippen LogP contribution in [0.5, 0.6) is 11.5 Å². The lowest BCUT2D eigenvalue weighted by molar-refractivity contribution is -0.140. The number of ketones is 1. The minimum absolute atomic E-state index is 0.0301. The van der Waals surface area contributed by atoms with Crippen molar-refractivity contribution < 1.29 is 34.1 Å². The summed E-state index contributed by atoms with van der Waals surface area (Å²) < 4.78 is 10.7. The molecule has 0 unspecified atom stereocenters. The standard InChI is InChI=1S/C23H23NO7/c1-30-15-10-11-16(17(13-15)31-2)20-19(21(27)14-7-4-3-5-8-14)22(28)23(29)24(20)12-6-9-18(25)26/h3-5,7-8,10-11,13,20,27H,6,9,12H2,1-2H3,(H,25,26)/b21-19+/t20-/m1/s1. The number of ether oxygens (including phenoxy) is 2. The van der Waals surface area contributed by atoms with Crippen LogP contribution in [0.1, 0.15) is 30.0 Å². The van der Waals surface area contributed by atoms with Gasteiger partial charge in [0.25, 0.3) is 11.7 Å². The monoisotopic (exact) mass is 425 g/mol. The molecular formula is C23H23NO7. The first-order valence-corrected chi connectivity index (χ1v) is 9.66. The van der Waals surface area contributed by atoms with E-state index in [0.717, 1.165) is 0 Å². The van der Waals surface area contributed by atoms with Gasteiger partial charge >= 0.3 is 5.97 Å². The van der Waals surface area contributed by atoms with E-state index in [-0.39, 0.29) is 30.7 Å². The molecule has 1 fully saturated rings. The minimum atomic E-state index is -1.00. The normalized spacial score (nSPS) is 17.6. The maximum atomic E-state index is 12.9. The summed E-state index contributed by atoms with van der Waals surface area (Å²) in [5.41, 5.74) is 0.800. The van der Waals surface area contributed by atoms with E-state index in [1.54, 1.807) is 48.5 Å². The second-order valence-electron chi connectivity index (χ2n) is 6.96. The maximum Gasteiger partial charge on any atom is 0.303 e. The van der Waals surface area contributed by atoms with Crippen molar-refractivity contribution in [1.29, 1.82) is 0 Å². The number of carboxylic acid groups (broad SMARTS) is 1. The number of likely N-dealkylation sites (tertiary alicyclic amines) is 1. The SMILES string of the molecule is COc1ccc([C@@H]2/C(=C(\O)c3ccccc3)C(=O)C(=O)N2CCCC(=O)O)c(OC)c1. The van der Waals surface area contributed by atoms with Crippen LogP contribution in [0.2, 0.25) is 0 Å². The van der Waals surface area contributed by atoms with Gasteiger partial charge in [-0.15, -0.1) is 0 Å². The van der Waals surface area contributed by atoms with Crippen LogP contribution >= 0.6 is 0 Å². The highest BCUT2D eigenvalue weighted by Gasteiger charge is 2.46. The van der Waals surface area contributed by atoms with Gasteiger partial charge in [-0.1, -0.05) is 30.3 Å². The van der Waals surface area contributed by atoms with Gasteiger partial charge in [-0.05, 0) is 18.6 Å². The number of aliphatic carboxylic acids is 1. The van der Waals surface area contributed by atoms with E-state index in [0.29, 0.717) is 22.6 Å². The molecule has 0 radical (unpaired) electrons. The first-order valence-electron chi connectivity index (χ1n) is 9.66. The first-order chi connectivity index (χ1) is 14.9. The van der Waals surface area contributed by atoms with E-state index in [1.165, 1.54) is 19.1 Å². The van der Waals surface area contributed by atoms with Crippen LogP contribution in [0.15, 0.2) is 54.1 Å². The maximum absolute atomic E-state index is 12.9. The predicted octanol–water partition coefficient (Wildman–Crippen LogP) is 2.99. The number of Topliss-reactive ketones (excluding diaryl/α,β-unsaturated/α-hetero) is 1. The van der Waals surface area contributed by atoms with Crippen LogP contribution in [0.4, 0.5) is 0 Å². The Kier molecular flexibility index (Phi) is 6.59. The van der Waals surface area contributed by atoms with Crippen LogP contribution < -0.4 is 9.47 Å². The van der Waals surface area contributed by atoms with Crippen molar-refractivity contribution in [1.82, 2.24) is 4.90 Å². The topological polar surface area (TPSA) is 113 Å². The molecule has 0 bridgehead atoms. The van der Waals surface area contributed by atoms with Crippen molar-refractivity contribution in [2.45, 2.75) is 18.9 Å². The highest BCUT2D eigenvalue weighted by Crippen LogP contribution is 2.43. The molecule has 2 aromatic carbocycles. The van der Waals surface area contributed by atoms with Crippen molar-refractivity contribution in [2.75, 3.05) is 20.8 Å². The number of carbonyl (C=O) groups excluding carboxylic acids is 2. The van der Waals surface area contributed by atoms with Crippen LogP contribution in [0.3, 0.4) is 0 Å². The summed E-state index contributed by atoms with van der Waals surface area (Å²) >= 11 is 0. The molecule has 2 aromatic rings. The number of carboxylic acids is 1. The number of hydrogen-bond donors (Lipinski definition) is 2. The Morgan fingerprint density at radius 3 is 2.35 bits per heavy atom. The van der Waals surface area contributed by atoms with Gasteiger partial charge in [-0.25, -0.2) is 0 Å². The third-order valence-corrected chi connectivity index (χ3v) is 5.11. The number of amides is 1. The molecule has 1 amide bonds. The zero-order chi connectivity index (χ0) is 22.5. The van der Waals surface area contributed by atoms with E-state index in [1.807, 2.05) is 0 Å². The summed E-state index contributed by atoms with van der Waals surface area (Å²) in [4.78, 5) is 38.0. The molecule has 1 aliphatic rings. The van der Waals surface area contributed by atoms with Crippen molar-refractivity contribution in [3.63, 3.8) is 0 Å². The van der Waals surface area contributed by atoms with Crippen LogP contribution in [-0.2, 0) is 14.4 Å². The lowest BCUT2D eigenvalue weighted by Gasteiger charge is -2.26. The minimum Gasteiger partial charge on any atom is -0.507 e. The molecular weight excluding hydrogens is 402 g/mol. The average molecular weight is 425 g/mol. The molecule has 31 heavy (non-hydrogen) atoms. The summed E-state index contributed by atoms with van der Waals surface area (Å²) in [5, 5.41) is 19.9. The number of aliphatic hydroxyl groups is 1. The number of methoxy groups -OCH3 is 2. The van der Waals surface area contributed by atoms with Crippen molar-refractivity contribution in [3.8, 4) is 11.5 Å². The lowest BCUT2D eigenvalue weighted by Crippen LogP contribution is -2.31. The Balaban J connectivity index is 2.16. The summed E-state index contributed by atoms with van der Waals surface area (Å²) in [5.74, 6) is -2.05. The van der Waals surface area contributed by atoms with Crippen LogP contribution in [-0.4, -0.2) is 53.5 Å². The lowest BCUT2D eigenvalue weighted by atomic mass is 9.94. The molecule has 1 saturated heterocycles. The molecule has 1 heterocycles. The van der Waals surface area contributed by atoms with Crippen molar-refractivity contribution in [3.05, 3.63) is 65.2 Å². The van der Waals surface area contributed by atoms with Gasteiger partial charge in [-0.3, -0.25) is 14.4 Å². The quantitative estimate of drug-likeness (QED) is 0.380. The van der Waals surface area contributed by atoms with Gasteiger partial charge in [0.15, 0.2) is 0 Å².